The number of rotatable bonds is 7. The molecule has 0 radical (unpaired) electrons. The van der Waals surface area contributed by atoms with E-state index in [9.17, 15) is 0 Å². The van der Waals surface area contributed by atoms with E-state index in [4.69, 9.17) is 9.47 Å². The second-order valence-electron chi connectivity index (χ2n) is 4.30. The van der Waals surface area contributed by atoms with E-state index in [0.29, 0.717) is 18.1 Å². The van der Waals surface area contributed by atoms with Gasteiger partial charge in [-0.1, -0.05) is 12.7 Å². The molecule has 0 aliphatic carbocycles. The molecule has 2 rings (SSSR count). The molecule has 0 aliphatic heterocycles. The summed E-state index contributed by atoms with van der Waals surface area (Å²) in [6.07, 6.45) is 3.38. The number of thiazole rings is 1. The fourth-order valence-electron chi connectivity index (χ4n) is 1.66. The average molecular weight is 382 g/mol. The Bertz CT molecular complexity index is 685. The van der Waals surface area contributed by atoms with Crippen LogP contribution in [0.4, 0.5) is 5.13 Å². The number of nitrogens with zero attached hydrogens (tertiary/aromatic N) is 2. The maximum absolute atomic E-state index is 5.58. The van der Waals surface area contributed by atoms with Gasteiger partial charge in [0.1, 0.15) is 6.61 Å². The lowest BCUT2D eigenvalue weighted by molar-refractivity contribution is 0.324. The van der Waals surface area contributed by atoms with Gasteiger partial charge in [0.25, 0.3) is 0 Å². The van der Waals surface area contributed by atoms with Crippen LogP contribution >= 0.6 is 27.3 Å². The summed E-state index contributed by atoms with van der Waals surface area (Å²) in [6.45, 7) is 5.98. The van der Waals surface area contributed by atoms with Crippen molar-refractivity contribution in [3.63, 3.8) is 0 Å². The van der Waals surface area contributed by atoms with Gasteiger partial charge in [-0.15, -0.1) is 11.3 Å². The number of benzene rings is 1. The van der Waals surface area contributed by atoms with E-state index >= 15 is 0 Å². The fourth-order valence-corrected chi connectivity index (χ4v) is 2.88. The summed E-state index contributed by atoms with van der Waals surface area (Å²) >= 11 is 4.99. The van der Waals surface area contributed by atoms with Gasteiger partial charge in [-0.05, 0) is 40.5 Å². The van der Waals surface area contributed by atoms with Gasteiger partial charge in [-0.3, -0.25) is 5.43 Å². The van der Waals surface area contributed by atoms with E-state index < -0.39 is 0 Å². The van der Waals surface area contributed by atoms with Crippen LogP contribution in [0, 0.1) is 6.92 Å². The van der Waals surface area contributed by atoms with E-state index in [1.54, 1.807) is 19.4 Å². The monoisotopic (exact) mass is 381 g/mol. The van der Waals surface area contributed by atoms with Crippen LogP contribution in [0.1, 0.15) is 11.3 Å². The Balaban J connectivity index is 2.13. The Morgan fingerprint density at radius 2 is 2.32 bits per heavy atom. The predicted octanol–water partition coefficient (Wildman–Crippen LogP) is 4.23. The molecule has 116 valence electrons. The summed E-state index contributed by atoms with van der Waals surface area (Å²) < 4.78 is 11.7. The van der Waals surface area contributed by atoms with E-state index in [0.717, 1.165) is 20.9 Å². The first-order chi connectivity index (χ1) is 10.6. The molecule has 0 unspecified atom stereocenters. The van der Waals surface area contributed by atoms with E-state index in [1.165, 1.54) is 11.3 Å². The molecule has 0 spiro atoms. The zero-order valence-corrected chi connectivity index (χ0v) is 14.7. The topological polar surface area (TPSA) is 55.7 Å². The normalized spacial score (nSPS) is 10.7. The first-order valence-electron chi connectivity index (χ1n) is 6.46. The zero-order chi connectivity index (χ0) is 15.9. The van der Waals surface area contributed by atoms with Gasteiger partial charge in [-0.2, -0.15) is 5.10 Å². The number of halogens is 1. The third kappa shape index (κ3) is 4.32. The van der Waals surface area contributed by atoms with E-state index in [-0.39, 0.29) is 0 Å². The molecule has 0 saturated carbocycles. The minimum atomic E-state index is 0.410. The molecule has 0 amide bonds. The fraction of sp³-hybridized carbons (Fsp3) is 0.200. The molecule has 1 heterocycles. The second-order valence-corrected chi connectivity index (χ2v) is 6.01. The number of hydrogen-bond acceptors (Lipinski definition) is 6. The minimum absolute atomic E-state index is 0.410. The Morgan fingerprint density at radius 3 is 2.95 bits per heavy atom. The van der Waals surface area contributed by atoms with Gasteiger partial charge in [0.05, 0.1) is 23.5 Å². The molecule has 1 N–H and O–H groups in total. The van der Waals surface area contributed by atoms with Crippen molar-refractivity contribution >= 4 is 38.6 Å². The quantitative estimate of drug-likeness (QED) is 0.442. The van der Waals surface area contributed by atoms with Crippen LogP contribution in [0.15, 0.2) is 39.7 Å². The minimum Gasteiger partial charge on any atom is -0.493 e. The highest BCUT2D eigenvalue weighted by atomic mass is 79.9. The lowest BCUT2D eigenvalue weighted by Crippen LogP contribution is -1.99. The van der Waals surface area contributed by atoms with Crippen molar-refractivity contribution < 1.29 is 9.47 Å². The van der Waals surface area contributed by atoms with Crippen LogP contribution in [0.3, 0.4) is 0 Å². The molecule has 0 saturated heterocycles. The van der Waals surface area contributed by atoms with Gasteiger partial charge in [0.2, 0.25) is 5.13 Å². The number of aromatic nitrogens is 1. The van der Waals surface area contributed by atoms with Gasteiger partial charge >= 0.3 is 0 Å². The van der Waals surface area contributed by atoms with Gasteiger partial charge < -0.3 is 9.47 Å². The largest absolute Gasteiger partial charge is 0.493 e. The predicted molar refractivity (Wildman–Crippen MR) is 94.5 cm³/mol. The van der Waals surface area contributed by atoms with E-state index in [2.05, 4.69) is 38.0 Å². The van der Waals surface area contributed by atoms with Crippen molar-refractivity contribution in [2.45, 2.75) is 6.92 Å². The molecular weight excluding hydrogens is 366 g/mol. The summed E-state index contributed by atoms with van der Waals surface area (Å²) in [4.78, 5) is 4.27. The molecule has 0 atom stereocenters. The van der Waals surface area contributed by atoms with Crippen molar-refractivity contribution in [2.24, 2.45) is 5.10 Å². The van der Waals surface area contributed by atoms with Crippen LogP contribution in [0.25, 0.3) is 0 Å². The summed E-state index contributed by atoms with van der Waals surface area (Å²) in [6, 6.07) is 3.75. The van der Waals surface area contributed by atoms with Gasteiger partial charge in [-0.25, -0.2) is 4.98 Å². The summed E-state index contributed by atoms with van der Waals surface area (Å²) in [7, 11) is 1.60. The third-order valence-corrected chi connectivity index (χ3v) is 4.04. The van der Waals surface area contributed by atoms with Crippen LogP contribution in [0.5, 0.6) is 11.5 Å². The van der Waals surface area contributed by atoms with E-state index in [1.807, 2.05) is 24.4 Å². The number of hydrazone groups is 1. The SMILES string of the molecule is C=CCOc1c(Br)cc(C=NNc2nc(C)cs2)cc1OC. The van der Waals surface area contributed by atoms with Crippen molar-refractivity contribution in [3.8, 4) is 11.5 Å². The molecule has 5 nitrogen and oxygen atoms in total. The number of aryl methyl sites for hydroxylation is 1. The smallest absolute Gasteiger partial charge is 0.203 e. The highest BCUT2D eigenvalue weighted by Gasteiger charge is 2.10. The molecule has 1 aromatic heterocycles. The first kappa shape index (κ1) is 16.5. The highest BCUT2D eigenvalue weighted by molar-refractivity contribution is 9.10. The number of anilines is 1. The molecule has 22 heavy (non-hydrogen) atoms. The van der Waals surface area contributed by atoms with Gasteiger partial charge in [0.15, 0.2) is 11.5 Å². The third-order valence-electron chi connectivity index (χ3n) is 2.59. The number of ether oxygens (including phenoxy) is 2. The average Bonchev–Trinajstić information content (AvgIpc) is 2.91. The molecule has 2 aromatic rings. The molecule has 0 fully saturated rings. The molecule has 0 aliphatic rings. The Hall–Kier alpha value is -1.86. The Labute approximate surface area is 141 Å². The molecule has 1 aromatic carbocycles. The number of methoxy groups -OCH3 is 1. The van der Waals surface area contributed by atoms with Crippen LogP contribution < -0.4 is 14.9 Å². The van der Waals surface area contributed by atoms with Crippen LogP contribution in [0.2, 0.25) is 0 Å². The maximum Gasteiger partial charge on any atom is 0.203 e. The summed E-state index contributed by atoms with van der Waals surface area (Å²) in [5.74, 6) is 1.27. The Morgan fingerprint density at radius 1 is 1.50 bits per heavy atom. The first-order valence-corrected chi connectivity index (χ1v) is 8.13. The summed E-state index contributed by atoms with van der Waals surface area (Å²) in [5, 5.41) is 6.89. The van der Waals surface area contributed by atoms with Crippen molar-refractivity contribution in [2.75, 3.05) is 19.1 Å². The standard InChI is InChI=1S/C15H16BrN3O2S/c1-4-5-21-14-12(16)6-11(7-13(14)20-3)8-17-19-15-18-10(2)9-22-15/h4,6-9H,1,5H2,2-3H3,(H,18,19). The van der Waals surface area contributed by atoms with Crippen molar-refractivity contribution in [3.05, 3.63) is 45.9 Å². The highest BCUT2D eigenvalue weighted by Crippen LogP contribution is 2.36. The molecular formula is C15H16BrN3O2S. The Kier molecular flexibility index (Phi) is 5.97. The maximum atomic E-state index is 5.58. The van der Waals surface area contributed by atoms with Crippen LogP contribution in [-0.2, 0) is 0 Å². The van der Waals surface area contributed by atoms with Crippen molar-refractivity contribution in [1.82, 2.24) is 4.98 Å². The summed E-state index contributed by atoms with van der Waals surface area (Å²) in [5.41, 5.74) is 4.74. The zero-order valence-electron chi connectivity index (χ0n) is 12.3. The molecule has 7 heteroatoms. The van der Waals surface area contributed by atoms with Crippen molar-refractivity contribution in [1.29, 1.82) is 0 Å². The lowest BCUT2D eigenvalue weighted by atomic mass is 10.2. The second kappa shape index (κ2) is 7.95. The molecule has 0 bridgehead atoms. The lowest BCUT2D eigenvalue weighted by Gasteiger charge is -2.12. The number of hydrogen-bond donors (Lipinski definition) is 1. The van der Waals surface area contributed by atoms with Gasteiger partial charge in [0, 0.05) is 5.38 Å². The van der Waals surface area contributed by atoms with Crippen LogP contribution in [-0.4, -0.2) is 24.9 Å². The number of nitrogens with one attached hydrogen (secondary N) is 1.